The van der Waals surface area contributed by atoms with Crippen LogP contribution in [0, 0.1) is 35.0 Å². The molecule has 2 nitrogen and oxygen atoms in total. The number of ketones is 1. The molecule has 0 aromatic rings. The smallest absolute Gasteiger partial charge is 0.164 e. The van der Waals surface area contributed by atoms with Gasteiger partial charge in [-0.15, -0.1) is 0 Å². The molecule has 3 saturated carbocycles. The van der Waals surface area contributed by atoms with E-state index in [4.69, 9.17) is 0 Å². The van der Waals surface area contributed by atoms with Crippen molar-refractivity contribution in [1.29, 1.82) is 0 Å². The maximum Gasteiger partial charge on any atom is 0.164 e. The average Bonchev–Trinajstić information content (AvgIpc) is 2.58. The Kier molecular flexibility index (Phi) is 2.16. The molecule has 0 bridgehead atoms. The quantitative estimate of drug-likeness (QED) is 0.702. The Morgan fingerprint density at radius 2 is 1.82 bits per heavy atom. The Morgan fingerprint density at radius 1 is 1.18 bits per heavy atom. The molecular weight excluding hydrogens is 212 g/mol. The van der Waals surface area contributed by atoms with Crippen LogP contribution in [0.15, 0.2) is 0 Å². The molecule has 0 spiro atoms. The summed E-state index contributed by atoms with van der Waals surface area (Å²) in [4.78, 5) is 12.3. The van der Waals surface area contributed by atoms with Gasteiger partial charge < -0.3 is 5.11 Å². The van der Waals surface area contributed by atoms with Crippen molar-refractivity contribution in [3.63, 3.8) is 0 Å². The maximum absolute atomic E-state index is 12.3. The first-order valence-corrected chi connectivity index (χ1v) is 7.03. The van der Waals surface area contributed by atoms with Gasteiger partial charge in [0, 0.05) is 6.42 Å². The van der Waals surface area contributed by atoms with Crippen LogP contribution in [-0.2, 0) is 4.79 Å². The molecule has 0 saturated heterocycles. The monoisotopic (exact) mass is 236 g/mol. The number of carbonyl (C=O) groups excluding carboxylic acids is 1. The van der Waals surface area contributed by atoms with Gasteiger partial charge in [0.1, 0.15) is 5.60 Å². The van der Waals surface area contributed by atoms with Crippen molar-refractivity contribution in [3.05, 3.63) is 0 Å². The van der Waals surface area contributed by atoms with Gasteiger partial charge in [0.05, 0.1) is 0 Å². The van der Waals surface area contributed by atoms with E-state index in [2.05, 4.69) is 20.8 Å². The molecule has 3 aliphatic rings. The summed E-state index contributed by atoms with van der Waals surface area (Å²) in [5.41, 5.74) is -0.730. The van der Waals surface area contributed by atoms with Gasteiger partial charge in [-0.1, -0.05) is 27.2 Å². The van der Waals surface area contributed by atoms with Crippen molar-refractivity contribution in [2.75, 3.05) is 0 Å². The predicted octanol–water partition coefficient (Wildman–Crippen LogP) is 2.64. The van der Waals surface area contributed by atoms with Crippen molar-refractivity contribution in [1.82, 2.24) is 0 Å². The molecule has 3 rings (SSSR count). The van der Waals surface area contributed by atoms with Gasteiger partial charge in [-0.2, -0.15) is 0 Å². The fourth-order valence-electron chi connectivity index (χ4n) is 5.04. The summed E-state index contributed by atoms with van der Waals surface area (Å²) in [6.45, 7) is 8.68. The normalized spacial score (nSPS) is 56.1. The van der Waals surface area contributed by atoms with E-state index in [0.717, 1.165) is 6.42 Å². The van der Waals surface area contributed by atoms with Crippen molar-refractivity contribution < 1.29 is 9.90 Å². The van der Waals surface area contributed by atoms with Crippen LogP contribution in [0.3, 0.4) is 0 Å². The molecule has 96 valence electrons. The number of Topliss-reactive ketones (excluding diaryl/α,β-unsaturated/α-hetero) is 1. The van der Waals surface area contributed by atoms with Gasteiger partial charge in [-0.3, -0.25) is 4.79 Å². The second kappa shape index (κ2) is 3.14. The number of rotatable bonds is 0. The number of hydrogen-bond donors (Lipinski definition) is 1. The predicted molar refractivity (Wildman–Crippen MR) is 66.4 cm³/mol. The molecule has 0 aliphatic heterocycles. The fraction of sp³-hybridized carbons (Fsp3) is 0.933. The van der Waals surface area contributed by atoms with Crippen LogP contribution in [0.25, 0.3) is 0 Å². The summed E-state index contributed by atoms with van der Waals surface area (Å²) in [7, 11) is 0. The molecule has 1 N–H and O–H groups in total. The Balaban J connectivity index is 2.01. The van der Waals surface area contributed by atoms with Crippen LogP contribution >= 0.6 is 0 Å². The van der Waals surface area contributed by atoms with Gasteiger partial charge >= 0.3 is 0 Å². The van der Waals surface area contributed by atoms with Crippen molar-refractivity contribution >= 4 is 5.78 Å². The van der Waals surface area contributed by atoms with Crippen molar-refractivity contribution in [3.8, 4) is 0 Å². The molecular formula is C15H24O2. The first-order chi connectivity index (χ1) is 7.78. The molecule has 6 atom stereocenters. The Hall–Kier alpha value is -0.370. The molecule has 0 heterocycles. The van der Waals surface area contributed by atoms with E-state index < -0.39 is 5.60 Å². The second-order valence-corrected chi connectivity index (χ2v) is 7.47. The third-order valence-corrected chi connectivity index (χ3v) is 6.30. The highest BCUT2D eigenvalue weighted by Gasteiger charge is 2.68. The van der Waals surface area contributed by atoms with Gasteiger partial charge in [0.15, 0.2) is 5.78 Å². The summed E-state index contributed by atoms with van der Waals surface area (Å²) in [6, 6.07) is 0. The highest BCUT2D eigenvalue weighted by Crippen LogP contribution is 2.70. The standard InChI is InChI=1S/C15H24O2/c1-8-5-6-9-12(8)13-10(14(13,2)3)7-11(16)15(9,4)17/h8-10,12-13,17H,5-7H2,1-4H3/t8-,9+,10-,12-,13-,15-/m0/s1. The lowest BCUT2D eigenvalue weighted by Gasteiger charge is -2.34. The zero-order valence-corrected chi connectivity index (χ0v) is 11.4. The van der Waals surface area contributed by atoms with E-state index in [9.17, 15) is 9.90 Å². The van der Waals surface area contributed by atoms with Gasteiger partial charge in [-0.25, -0.2) is 0 Å². The molecule has 0 aromatic carbocycles. The minimum Gasteiger partial charge on any atom is -0.382 e. The summed E-state index contributed by atoms with van der Waals surface area (Å²) in [5, 5.41) is 10.6. The first kappa shape index (κ1) is 11.7. The average molecular weight is 236 g/mol. The topological polar surface area (TPSA) is 37.3 Å². The van der Waals surface area contributed by atoms with Crippen LogP contribution in [-0.4, -0.2) is 16.5 Å². The Labute approximate surface area is 104 Å². The molecule has 2 heteroatoms. The highest BCUT2D eigenvalue weighted by molar-refractivity contribution is 5.88. The summed E-state index contributed by atoms with van der Waals surface area (Å²) in [5.74, 6) is 2.74. The van der Waals surface area contributed by atoms with E-state index in [1.54, 1.807) is 6.92 Å². The van der Waals surface area contributed by atoms with E-state index >= 15 is 0 Å². The van der Waals surface area contributed by atoms with Crippen LogP contribution in [0.2, 0.25) is 0 Å². The lowest BCUT2D eigenvalue weighted by molar-refractivity contribution is -0.142. The molecule has 3 aliphatic carbocycles. The number of hydrogen-bond acceptors (Lipinski definition) is 2. The number of aliphatic hydroxyl groups is 1. The molecule has 0 aromatic heterocycles. The summed E-state index contributed by atoms with van der Waals surface area (Å²) >= 11 is 0. The SMILES string of the molecule is C[C@H]1CC[C@@H]2[C@H]1[C@@H]1[C@H](CC(=O)[C@@]2(C)O)C1(C)C. The Bertz CT molecular complexity index is 369. The highest BCUT2D eigenvalue weighted by atomic mass is 16.3. The molecule has 3 fully saturated rings. The van der Waals surface area contributed by atoms with Crippen molar-refractivity contribution in [2.45, 2.75) is 52.6 Å². The van der Waals surface area contributed by atoms with E-state index in [1.165, 1.54) is 6.42 Å². The zero-order valence-electron chi connectivity index (χ0n) is 11.4. The third-order valence-electron chi connectivity index (χ3n) is 6.30. The molecule has 0 radical (unpaired) electrons. The van der Waals surface area contributed by atoms with Crippen LogP contribution < -0.4 is 0 Å². The summed E-state index contributed by atoms with van der Waals surface area (Å²) < 4.78 is 0. The van der Waals surface area contributed by atoms with Crippen LogP contribution in [0.1, 0.15) is 47.0 Å². The molecule has 0 amide bonds. The first-order valence-electron chi connectivity index (χ1n) is 7.03. The lowest BCUT2D eigenvalue weighted by Crippen LogP contribution is -2.45. The van der Waals surface area contributed by atoms with E-state index in [0.29, 0.717) is 35.5 Å². The van der Waals surface area contributed by atoms with Gasteiger partial charge in [0.25, 0.3) is 0 Å². The van der Waals surface area contributed by atoms with Crippen LogP contribution in [0.4, 0.5) is 0 Å². The largest absolute Gasteiger partial charge is 0.382 e. The number of carbonyl (C=O) groups is 1. The van der Waals surface area contributed by atoms with E-state index in [1.807, 2.05) is 0 Å². The van der Waals surface area contributed by atoms with Gasteiger partial charge in [-0.05, 0) is 48.3 Å². The molecule has 0 unspecified atom stereocenters. The lowest BCUT2D eigenvalue weighted by atomic mass is 9.74. The van der Waals surface area contributed by atoms with Gasteiger partial charge in [0.2, 0.25) is 0 Å². The third kappa shape index (κ3) is 1.34. The van der Waals surface area contributed by atoms with E-state index in [-0.39, 0.29) is 11.7 Å². The Morgan fingerprint density at radius 3 is 2.47 bits per heavy atom. The molecule has 17 heavy (non-hydrogen) atoms. The number of fused-ring (bicyclic) bond motifs is 3. The van der Waals surface area contributed by atoms with Crippen LogP contribution in [0.5, 0.6) is 0 Å². The minimum absolute atomic E-state index is 0.0969. The minimum atomic E-state index is -1.06. The van der Waals surface area contributed by atoms with Crippen molar-refractivity contribution in [2.24, 2.45) is 35.0 Å². The second-order valence-electron chi connectivity index (χ2n) is 7.47. The maximum atomic E-state index is 12.3. The zero-order chi connectivity index (χ0) is 12.6. The summed E-state index contributed by atoms with van der Waals surface area (Å²) in [6.07, 6.45) is 2.81. The fourth-order valence-corrected chi connectivity index (χ4v) is 5.04.